The van der Waals surface area contributed by atoms with Crippen molar-refractivity contribution in [2.45, 2.75) is 4.90 Å². The van der Waals surface area contributed by atoms with Crippen molar-refractivity contribution in [3.63, 3.8) is 0 Å². The third kappa shape index (κ3) is 3.06. The molecule has 4 nitrogen and oxygen atoms in total. The molecule has 0 aliphatic heterocycles. The highest BCUT2D eigenvalue weighted by atomic mass is 35.5. The lowest BCUT2D eigenvalue weighted by Gasteiger charge is -2.11. The van der Waals surface area contributed by atoms with Gasteiger partial charge in [0.05, 0.1) is 10.7 Å². The largest absolute Gasteiger partial charge is 0.399 e. The Bertz CT molecular complexity index is 812. The first kappa shape index (κ1) is 15.5. The summed E-state index contributed by atoms with van der Waals surface area (Å²) in [6.45, 7) is 0. The first-order chi connectivity index (χ1) is 9.72. The van der Waals surface area contributed by atoms with Gasteiger partial charge in [0.25, 0.3) is 10.0 Å². The molecule has 0 atom stereocenters. The van der Waals surface area contributed by atoms with Crippen molar-refractivity contribution in [1.82, 2.24) is 0 Å². The standard InChI is InChI=1S/C12H8ClF3N2O2S/c13-7-2-1-6(17)5-10(7)21(19,20)18-9-4-3-8(14)11(15)12(9)16/h1-5,18H,17H2. The van der Waals surface area contributed by atoms with Gasteiger partial charge in [-0.2, -0.15) is 0 Å². The highest BCUT2D eigenvalue weighted by Gasteiger charge is 2.22. The molecule has 2 aromatic rings. The number of sulfonamides is 1. The van der Waals surface area contributed by atoms with Crippen molar-refractivity contribution in [3.8, 4) is 0 Å². The topological polar surface area (TPSA) is 72.2 Å². The molecule has 9 heteroatoms. The van der Waals surface area contributed by atoms with Crippen molar-refractivity contribution in [2.75, 3.05) is 10.5 Å². The van der Waals surface area contributed by atoms with Crippen LogP contribution in [0.25, 0.3) is 0 Å². The first-order valence-electron chi connectivity index (χ1n) is 5.43. The minimum atomic E-state index is -4.31. The fourth-order valence-electron chi connectivity index (χ4n) is 1.53. The minimum absolute atomic E-state index is 0.116. The number of hydrogen-bond donors (Lipinski definition) is 2. The maximum absolute atomic E-state index is 13.5. The Labute approximate surface area is 123 Å². The SMILES string of the molecule is Nc1ccc(Cl)c(S(=O)(=O)Nc2ccc(F)c(F)c2F)c1. The number of nitrogen functional groups attached to an aromatic ring is 1. The van der Waals surface area contributed by atoms with Crippen LogP contribution in [0.4, 0.5) is 24.5 Å². The van der Waals surface area contributed by atoms with Crippen LogP contribution in [0.5, 0.6) is 0 Å². The van der Waals surface area contributed by atoms with E-state index in [0.29, 0.717) is 6.07 Å². The Balaban J connectivity index is 2.47. The van der Waals surface area contributed by atoms with Gasteiger partial charge in [-0.3, -0.25) is 4.72 Å². The van der Waals surface area contributed by atoms with Crippen LogP contribution in [-0.4, -0.2) is 8.42 Å². The Morgan fingerprint density at radius 1 is 1.05 bits per heavy atom. The molecule has 0 saturated heterocycles. The molecular formula is C12H8ClF3N2O2S. The maximum atomic E-state index is 13.5. The number of rotatable bonds is 3. The summed E-state index contributed by atoms with van der Waals surface area (Å²) in [5, 5.41) is -0.153. The van der Waals surface area contributed by atoms with Crippen LogP contribution >= 0.6 is 11.6 Å². The number of nitrogens with two attached hydrogens (primary N) is 1. The molecule has 0 bridgehead atoms. The van der Waals surface area contributed by atoms with Gasteiger partial charge >= 0.3 is 0 Å². The lowest BCUT2D eigenvalue weighted by molar-refractivity contribution is 0.449. The van der Waals surface area contributed by atoms with E-state index in [4.69, 9.17) is 17.3 Å². The zero-order chi connectivity index (χ0) is 15.8. The Morgan fingerprint density at radius 2 is 1.71 bits per heavy atom. The lowest BCUT2D eigenvalue weighted by atomic mass is 10.3. The Hall–Kier alpha value is -1.93. The summed E-state index contributed by atoms with van der Waals surface area (Å²) in [6.07, 6.45) is 0. The quantitative estimate of drug-likeness (QED) is 0.668. The molecular weight excluding hydrogens is 329 g/mol. The summed E-state index contributed by atoms with van der Waals surface area (Å²) in [4.78, 5) is -0.409. The summed E-state index contributed by atoms with van der Waals surface area (Å²) in [5.41, 5.74) is 4.83. The molecule has 0 aliphatic rings. The monoisotopic (exact) mass is 336 g/mol. The second-order valence-electron chi connectivity index (χ2n) is 4.02. The molecule has 0 aromatic heterocycles. The second-order valence-corrected chi connectivity index (χ2v) is 6.08. The van der Waals surface area contributed by atoms with Gasteiger partial charge in [-0.05, 0) is 30.3 Å². The summed E-state index contributed by atoms with van der Waals surface area (Å²) < 4.78 is 65.3. The predicted octanol–water partition coefficient (Wildman–Crippen LogP) is 3.14. The fourth-order valence-corrected chi connectivity index (χ4v) is 3.13. The molecule has 21 heavy (non-hydrogen) atoms. The summed E-state index contributed by atoms with van der Waals surface area (Å²) in [5.74, 6) is -4.87. The zero-order valence-electron chi connectivity index (χ0n) is 10.2. The number of benzene rings is 2. The van der Waals surface area contributed by atoms with Gasteiger partial charge in [-0.15, -0.1) is 0 Å². The van der Waals surface area contributed by atoms with Crippen molar-refractivity contribution in [2.24, 2.45) is 0 Å². The van der Waals surface area contributed by atoms with Crippen molar-refractivity contribution in [3.05, 3.63) is 52.8 Å². The first-order valence-corrected chi connectivity index (χ1v) is 7.30. The van der Waals surface area contributed by atoms with Crippen LogP contribution in [0.1, 0.15) is 0 Å². The van der Waals surface area contributed by atoms with E-state index in [1.807, 2.05) is 0 Å². The number of anilines is 2. The molecule has 0 amide bonds. The van der Waals surface area contributed by atoms with Crippen LogP contribution in [0.2, 0.25) is 5.02 Å². The molecule has 2 rings (SSSR count). The molecule has 112 valence electrons. The molecule has 0 aliphatic carbocycles. The molecule has 0 spiro atoms. The third-order valence-electron chi connectivity index (χ3n) is 2.52. The van der Waals surface area contributed by atoms with Crippen LogP contribution in [0.15, 0.2) is 35.2 Å². The van der Waals surface area contributed by atoms with Crippen LogP contribution in [0.3, 0.4) is 0 Å². The molecule has 0 heterocycles. The van der Waals surface area contributed by atoms with Gasteiger partial charge in [0.1, 0.15) is 4.90 Å². The van der Waals surface area contributed by atoms with E-state index in [-0.39, 0.29) is 10.7 Å². The van der Waals surface area contributed by atoms with E-state index in [1.165, 1.54) is 12.1 Å². The van der Waals surface area contributed by atoms with Gasteiger partial charge < -0.3 is 5.73 Å². The summed E-state index contributed by atoms with van der Waals surface area (Å²) >= 11 is 5.74. The van der Waals surface area contributed by atoms with E-state index in [0.717, 1.165) is 12.1 Å². The van der Waals surface area contributed by atoms with Crippen LogP contribution < -0.4 is 10.5 Å². The number of nitrogens with one attached hydrogen (secondary N) is 1. The van der Waals surface area contributed by atoms with Crippen LogP contribution in [-0.2, 0) is 10.0 Å². The summed E-state index contributed by atoms with van der Waals surface area (Å²) in [6, 6.07) is 5.03. The van der Waals surface area contributed by atoms with Gasteiger partial charge in [-0.25, -0.2) is 21.6 Å². The highest BCUT2D eigenvalue weighted by molar-refractivity contribution is 7.92. The number of hydrogen-bond acceptors (Lipinski definition) is 3. The van der Waals surface area contributed by atoms with E-state index in [9.17, 15) is 21.6 Å². The fraction of sp³-hybridized carbons (Fsp3) is 0. The van der Waals surface area contributed by atoms with Gasteiger partial charge in [0, 0.05) is 5.69 Å². The second kappa shape index (κ2) is 5.45. The average Bonchev–Trinajstić information content (AvgIpc) is 2.42. The van der Waals surface area contributed by atoms with E-state index in [2.05, 4.69) is 0 Å². The van der Waals surface area contributed by atoms with Crippen LogP contribution in [0, 0.1) is 17.5 Å². The van der Waals surface area contributed by atoms with Crippen molar-refractivity contribution in [1.29, 1.82) is 0 Å². The predicted molar refractivity (Wildman–Crippen MR) is 73.0 cm³/mol. The Morgan fingerprint density at radius 3 is 2.38 bits per heavy atom. The molecule has 0 saturated carbocycles. The Kier molecular flexibility index (Phi) is 4.02. The highest BCUT2D eigenvalue weighted by Crippen LogP contribution is 2.27. The van der Waals surface area contributed by atoms with Gasteiger partial charge in [0.2, 0.25) is 0 Å². The normalized spacial score (nSPS) is 11.4. The maximum Gasteiger partial charge on any atom is 0.263 e. The molecule has 3 N–H and O–H groups in total. The molecule has 0 radical (unpaired) electrons. The summed E-state index contributed by atoms with van der Waals surface area (Å²) in [7, 11) is -4.31. The van der Waals surface area contributed by atoms with Gasteiger partial charge in [-0.1, -0.05) is 11.6 Å². The lowest BCUT2D eigenvalue weighted by Crippen LogP contribution is -2.15. The smallest absolute Gasteiger partial charge is 0.263 e. The van der Waals surface area contributed by atoms with Gasteiger partial charge in [0.15, 0.2) is 17.5 Å². The van der Waals surface area contributed by atoms with E-state index in [1.54, 1.807) is 4.72 Å². The third-order valence-corrected chi connectivity index (χ3v) is 4.37. The average molecular weight is 337 g/mol. The van der Waals surface area contributed by atoms with Crippen molar-refractivity contribution >= 4 is 33.0 Å². The molecule has 0 unspecified atom stereocenters. The zero-order valence-corrected chi connectivity index (χ0v) is 11.8. The van der Waals surface area contributed by atoms with E-state index < -0.39 is 38.1 Å². The minimum Gasteiger partial charge on any atom is -0.399 e. The van der Waals surface area contributed by atoms with Crippen molar-refractivity contribution < 1.29 is 21.6 Å². The molecule has 0 fully saturated rings. The number of halogens is 4. The molecule has 2 aromatic carbocycles. The van der Waals surface area contributed by atoms with E-state index >= 15 is 0 Å².